The Balaban J connectivity index is 1.72. The molecule has 1 aliphatic carbocycles. The van der Waals surface area contributed by atoms with Gasteiger partial charge in [0.15, 0.2) is 0 Å². The predicted octanol–water partition coefficient (Wildman–Crippen LogP) is 1.85. The van der Waals surface area contributed by atoms with Crippen LogP contribution < -0.4 is 10.6 Å². The average Bonchev–Trinajstić information content (AvgIpc) is 2.61. The molecule has 0 bridgehead atoms. The first kappa shape index (κ1) is 20.7. The van der Waals surface area contributed by atoms with Crippen molar-refractivity contribution in [3.8, 4) is 0 Å². The van der Waals surface area contributed by atoms with Crippen LogP contribution in [0.3, 0.4) is 0 Å². The highest BCUT2D eigenvalue weighted by Gasteiger charge is 2.34. The molecule has 0 atom stereocenters. The van der Waals surface area contributed by atoms with E-state index in [0.29, 0.717) is 25.1 Å². The van der Waals surface area contributed by atoms with Crippen molar-refractivity contribution in [1.82, 2.24) is 10.2 Å². The number of ether oxygens (including phenoxy) is 1. The van der Waals surface area contributed by atoms with Crippen LogP contribution in [0.15, 0.2) is 24.3 Å². The minimum atomic E-state index is -0.832. The third-order valence-corrected chi connectivity index (χ3v) is 4.77. The Bertz CT molecular complexity index is 656. The average molecular weight is 377 g/mol. The minimum absolute atomic E-state index is 0.0302. The van der Waals surface area contributed by atoms with Gasteiger partial charge >= 0.3 is 18.0 Å². The van der Waals surface area contributed by atoms with Gasteiger partial charge in [0.2, 0.25) is 0 Å². The zero-order valence-corrected chi connectivity index (χ0v) is 15.7. The molecule has 0 aliphatic heterocycles. The van der Waals surface area contributed by atoms with Crippen molar-refractivity contribution in [2.45, 2.75) is 44.7 Å². The van der Waals surface area contributed by atoms with Gasteiger partial charge in [-0.05, 0) is 43.5 Å². The Kier molecular flexibility index (Phi) is 7.60. The van der Waals surface area contributed by atoms with Crippen LogP contribution in [0.4, 0.5) is 10.5 Å². The molecule has 0 heterocycles. The number of anilines is 1. The second kappa shape index (κ2) is 9.91. The first-order valence-corrected chi connectivity index (χ1v) is 9.10. The molecule has 0 radical (unpaired) electrons. The lowest BCUT2D eigenvalue weighted by atomic mass is 9.85. The SMILES string of the molecule is CCN(CC(=O)O)C1CC(NC(=O)Nc2ccc(CCC(=O)OC)cc2)C1. The number of esters is 1. The molecule has 2 rings (SSSR count). The van der Waals surface area contributed by atoms with Gasteiger partial charge in [0.25, 0.3) is 0 Å². The van der Waals surface area contributed by atoms with Crippen molar-refractivity contribution in [3.05, 3.63) is 29.8 Å². The summed E-state index contributed by atoms with van der Waals surface area (Å²) in [6.07, 6.45) is 2.41. The number of carbonyl (C=O) groups is 3. The van der Waals surface area contributed by atoms with Gasteiger partial charge in [-0.15, -0.1) is 0 Å². The van der Waals surface area contributed by atoms with Crippen LogP contribution in [0.1, 0.15) is 31.7 Å². The number of aliphatic carboxylic acids is 1. The molecule has 1 aliphatic rings. The third kappa shape index (κ3) is 6.56. The van der Waals surface area contributed by atoms with E-state index in [4.69, 9.17) is 5.11 Å². The Morgan fingerprint density at radius 2 is 1.89 bits per heavy atom. The van der Waals surface area contributed by atoms with E-state index in [1.807, 2.05) is 24.0 Å². The van der Waals surface area contributed by atoms with Crippen LogP contribution in [0, 0.1) is 0 Å². The number of nitrogens with zero attached hydrogens (tertiary/aromatic N) is 1. The van der Waals surface area contributed by atoms with E-state index in [0.717, 1.165) is 18.4 Å². The molecule has 1 fully saturated rings. The highest BCUT2D eigenvalue weighted by atomic mass is 16.5. The Labute approximate surface area is 158 Å². The van der Waals surface area contributed by atoms with E-state index >= 15 is 0 Å². The van der Waals surface area contributed by atoms with E-state index in [9.17, 15) is 14.4 Å². The van der Waals surface area contributed by atoms with E-state index in [-0.39, 0.29) is 30.6 Å². The largest absolute Gasteiger partial charge is 0.480 e. The summed E-state index contributed by atoms with van der Waals surface area (Å²) in [5, 5.41) is 14.6. The van der Waals surface area contributed by atoms with Crippen molar-refractivity contribution in [1.29, 1.82) is 0 Å². The number of rotatable bonds is 9. The number of carboxylic acid groups (broad SMARTS) is 1. The molecule has 2 amide bonds. The molecule has 1 aromatic rings. The smallest absolute Gasteiger partial charge is 0.319 e. The Hall–Kier alpha value is -2.61. The second-order valence-corrected chi connectivity index (χ2v) is 6.65. The predicted molar refractivity (Wildman–Crippen MR) is 101 cm³/mol. The molecule has 8 heteroatoms. The molecule has 148 valence electrons. The van der Waals surface area contributed by atoms with E-state index in [1.54, 1.807) is 12.1 Å². The van der Waals surface area contributed by atoms with Crippen molar-refractivity contribution in [3.63, 3.8) is 0 Å². The summed E-state index contributed by atoms with van der Waals surface area (Å²) in [7, 11) is 1.37. The number of methoxy groups -OCH3 is 1. The summed E-state index contributed by atoms with van der Waals surface area (Å²) in [5.74, 6) is -1.08. The summed E-state index contributed by atoms with van der Waals surface area (Å²) in [6, 6.07) is 7.29. The quantitative estimate of drug-likeness (QED) is 0.567. The van der Waals surface area contributed by atoms with Crippen molar-refractivity contribution in [2.24, 2.45) is 0 Å². The van der Waals surface area contributed by atoms with Crippen LogP contribution in [0.25, 0.3) is 0 Å². The molecule has 27 heavy (non-hydrogen) atoms. The lowest BCUT2D eigenvalue weighted by Gasteiger charge is -2.42. The maximum Gasteiger partial charge on any atom is 0.319 e. The van der Waals surface area contributed by atoms with E-state index in [2.05, 4.69) is 15.4 Å². The molecule has 1 aromatic carbocycles. The summed E-state index contributed by atoms with van der Waals surface area (Å²) in [6.45, 7) is 2.64. The van der Waals surface area contributed by atoms with Gasteiger partial charge in [0, 0.05) is 24.2 Å². The lowest BCUT2D eigenvalue weighted by Crippen LogP contribution is -2.55. The summed E-state index contributed by atoms with van der Waals surface area (Å²) < 4.78 is 4.61. The number of amides is 2. The van der Waals surface area contributed by atoms with Crippen LogP contribution in [-0.4, -0.2) is 60.3 Å². The number of carbonyl (C=O) groups excluding carboxylic acids is 2. The van der Waals surface area contributed by atoms with Gasteiger partial charge in [-0.2, -0.15) is 0 Å². The standard InChI is InChI=1S/C19H27N3O5/c1-3-22(12-17(23)24)16-10-15(11-16)21-19(26)20-14-7-4-13(5-8-14)6-9-18(25)27-2/h4-5,7-8,15-16H,3,6,9-12H2,1-2H3,(H,23,24)(H2,20,21,26). The van der Waals surface area contributed by atoms with Gasteiger partial charge in [-0.25, -0.2) is 4.79 Å². The minimum Gasteiger partial charge on any atom is -0.480 e. The fourth-order valence-corrected chi connectivity index (χ4v) is 3.13. The second-order valence-electron chi connectivity index (χ2n) is 6.65. The zero-order valence-electron chi connectivity index (χ0n) is 15.7. The van der Waals surface area contributed by atoms with Gasteiger partial charge in [0.1, 0.15) is 0 Å². The number of likely N-dealkylation sites (N-methyl/N-ethyl adjacent to an activating group) is 1. The highest BCUT2D eigenvalue weighted by molar-refractivity contribution is 5.89. The summed E-state index contributed by atoms with van der Waals surface area (Å²) in [5.41, 5.74) is 1.66. The molecule has 0 unspecified atom stereocenters. The number of aryl methyl sites for hydroxylation is 1. The molecule has 0 saturated heterocycles. The third-order valence-electron chi connectivity index (χ3n) is 4.77. The maximum atomic E-state index is 12.1. The Morgan fingerprint density at radius 1 is 1.22 bits per heavy atom. The first-order chi connectivity index (χ1) is 12.9. The van der Waals surface area contributed by atoms with Gasteiger partial charge in [-0.1, -0.05) is 19.1 Å². The fourth-order valence-electron chi connectivity index (χ4n) is 3.13. The highest BCUT2D eigenvalue weighted by Crippen LogP contribution is 2.25. The number of benzene rings is 1. The fraction of sp³-hybridized carbons (Fsp3) is 0.526. The van der Waals surface area contributed by atoms with E-state index < -0.39 is 5.97 Å². The molecule has 3 N–H and O–H groups in total. The number of carboxylic acids is 1. The number of hydrogen-bond donors (Lipinski definition) is 3. The first-order valence-electron chi connectivity index (χ1n) is 9.10. The number of urea groups is 1. The van der Waals surface area contributed by atoms with Crippen LogP contribution >= 0.6 is 0 Å². The van der Waals surface area contributed by atoms with Gasteiger partial charge in [-0.3, -0.25) is 14.5 Å². The van der Waals surface area contributed by atoms with Crippen LogP contribution in [0.2, 0.25) is 0 Å². The Morgan fingerprint density at radius 3 is 2.44 bits per heavy atom. The molecular weight excluding hydrogens is 350 g/mol. The molecule has 1 saturated carbocycles. The molecule has 0 spiro atoms. The monoisotopic (exact) mass is 377 g/mol. The molecular formula is C19H27N3O5. The molecule has 0 aromatic heterocycles. The normalized spacial score (nSPS) is 18.5. The number of hydrogen-bond acceptors (Lipinski definition) is 5. The summed E-state index contributed by atoms with van der Waals surface area (Å²) >= 11 is 0. The van der Waals surface area contributed by atoms with Crippen molar-refractivity contribution >= 4 is 23.7 Å². The molecule has 8 nitrogen and oxygen atoms in total. The van der Waals surface area contributed by atoms with Gasteiger partial charge in [0.05, 0.1) is 13.7 Å². The lowest BCUT2D eigenvalue weighted by molar-refractivity contribution is -0.141. The van der Waals surface area contributed by atoms with Crippen LogP contribution in [-0.2, 0) is 20.7 Å². The number of nitrogens with one attached hydrogen (secondary N) is 2. The topological polar surface area (TPSA) is 108 Å². The van der Waals surface area contributed by atoms with E-state index in [1.165, 1.54) is 7.11 Å². The van der Waals surface area contributed by atoms with Crippen molar-refractivity contribution in [2.75, 3.05) is 25.5 Å². The maximum absolute atomic E-state index is 12.1. The zero-order chi connectivity index (χ0) is 19.8. The van der Waals surface area contributed by atoms with Crippen molar-refractivity contribution < 1.29 is 24.2 Å². The van der Waals surface area contributed by atoms with Crippen LogP contribution in [0.5, 0.6) is 0 Å². The van der Waals surface area contributed by atoms with Gasteiger partial charge < -0.3 is 20.5 Å². The summed E-state index contributed by atoms with van der Waals surface area (Å²) in [4.78, 5) is 36.0.